The van der Waals surface area contributed by atoms with Gasteiger partial charge in [0.05, 0.1) is 20.4 Å². The molecule has 0 N–H and O–H groups in total. The first-order valence-electron chi connectivity index (χ1n) is 8.90. The van der Waals surface area contributed by atoms with Gasteiger partial charge in [0.15, 0.2) is 10.8 Å². The van der Waals surface area contributed by atoms with Crippen molar-refractivity contribution in [1.82, 2.24) is 19.5 Å². The fraction of sp³-hybridized carbons (Fsp3) is 0.190. The molecule has 4 rings (SSSR count). The molecule has 0 atom stereocenters. The molecule has 0 bridgehead atoms. The third-order valence-electron chi connectivity index (χ3n) is 4.34. The predicted molar refractivity (Wildman–Crippen MR) is 111 cm³/mol. The van der Waals surface area contributed by atoms with Gasteiger partial charge in [0.2, 0.25) is 0 Å². The van der Waals surface area contributed by atoms with E-state index >= 15 is 0 Å². The number of rotatable bonds is 7. The van der Waals surface area contributed by atoms with E-state index in [1.54, 1.807) is 27.5 Å². The molecule has 8 heteroatoms. The summed E-state index contributed by atoms with van der Waals surface area (Å²) in [5.41, 5.74) is 2.39. The lowest BCUT2D eigenvalue weighted by Crippen LogP contribution is -2.04. The number of nitrogens with zero attached hydrogens (tertiary/aromatic N) is 4. The molecule has 29 heavy (non-hydrogen) atoms. The van der Waals surface area contributed by atoms with Gasteiger partial charge in [-0.25, -0.2) is 15.0 Å². The molecule has 0 saturated heterocycles. The summed E-state index contributed by atoms with van der Waals surface area (Å²) in [6.45, 7) is 0.335. The van der Waals surface area contributed by atoms with Crippen molar-refractivity contribution in [2.24, 2.45) is 0 Å². The molecule has 0 radical (unpaired) electrons. The molecule has 2 aromatic carbocycles. The Balaban J connectivity index is 1.71. The molecule has 0 saturated carbocycles. The van der Waals surface area contributed by atoms with Gasteiger partial charge in [0.25, 0.3) is 0 Å². The number of ether oxygens (including phenoxy) is 3. The maximum absolute atomic E-state index is 5.40. The Morgan fingerprint density at radius 1 is 0.862 bits per heavy atom. The standard InChI is InChI=1S/C21H20N4O3S/c1-26-13-25-19(14-4-6-15(27-2)7-5-14)23-18-12-22-21(24-20(18)25)29-17-10-8-16(28-3)9-11-17/h4-12H,13H2,1-3H3. The number of hydrogen-bond acceptors (Lipinski definition) is 7. The van der Waals surface area contributed by atoms with Gasteiger partial charge >= 0.3 is 0 Å². The zero-order valence-corrected chi connectivity index (χ0v) is 17.1. The second kappa shape index (κ2) is 8.50. The van der Waals surface area contributed by atoms with E-state index in [4.69, 9.17) is 24.2 Å². The quantitative estimate of drug-likeness (QED) is 0.423. The number of benzene rings is 2. The topological polar surface area (TPSA) is 71.3 Å². The minimum Gasteiger partial charge on any atom is -0.497 e. The van der Waals surface area contributed by atoms with Gasteiger partial charge in [0.1, 0.15) is 29.6 Å². The van der Waals surface area contributed by atoms with Crippen LogP contribution in [0.5, 0.6) is 11.5 Å². The lowest BCUT2D eigenvalue weighted by molar-refractivity contribution is 0.135. The van der Waals surface area contributed by atoms with E-state index in [1.165, 1.54) is 11.8 Å². The first-order valence-corrected chi connectivity index (χ1v) is 9.72. The molecule has 4 aromatic rings. The van der Waals surface area contributed by atoms with Crippen LogP contribution in [0.3, 0.4) is 0 Å². The summed E-state index contributed by atoms with van der Waals surface area (Å²) >= 11 is 1.48. The summed E-state index contributed by atoms with van der Waals surface area (Å²) in [6.07, 6.45) is 1.74. The highest BCUT2D eigenvalue weighted by Crippen LogP contribution is 2.30. The minimum absolute atomic E-state index is 0.335. The van der Waals surface area contributed by atoms with Crippen molar-refractivity contribution >= 4 is 22.9 Å². The van der Waals surface area contributed by atoms with Crippen LogP contribution in [0.1, 0.15) is 0 Å². The lowest BCUT2D eigenvalue weighted by Gasteiger charge is -2.08. The highest BCUT2D eigenvalue weighted by molar-refractivity contribution is 7.99. The van der Waals surface area contributed by atoms with Crippen LogP contribution in [0.15, 0.2) is 64.8 Å². The largest absolute Gasteiger partial charge is 0.497 e. The van der Waals surface area contributed by atoms with Crippen molar-refractivity contribution in [3.05, 3.63) is 54.7 Å². The first kappa shape index (κ1) is 19.2. The summed E-state index contributed by atoms with van der Waals surface area (Å²) in [5.74, 6) is 2.37. The van der Waals surface area contributed by atoms with Crippen molar-refractivity contribution in [3.8, 4) is 22.9 Å². The van der Waals surface area contributed by atoms with Crippen molar-refractivity contribution in [1.29, 1.82) is 0 Å². The van der Waals surface area contributed by atoms with Gasteiger partial charge in [-0.05, 0) is 60.3 Å². The van der Waals surface area contributed by atoms with E-state index in [9.17, 15) is 0 Å². The van der Waals surface area contributed by atoms with E-state index in [0.717, 1.165) is 33.4 Å². The normalized spacial score (nSPS) is 11.0. The Labute approximate surface area is 172 Å². The molecule has 0 unspecified atom stereocenters. The van der Waals surface area contributed by atoms with E-state index in [0.29, 0.717) is 17.4 Å². The molecule has 2 heterocycles. The molecule has 0 spiro atoms. The predicted octanol–water partition coefficient (Wildman–Crippen LogP) is 4.27. The average molecular weight is 408 g/mol. The molecule has 148 valence electrons. The van der Waals surface area contributed by atoms with Crippen LogP contribution >= 0.6 is 11.8 Å². The Bertz CT molecular complexity index is 1110. The van der Waals surface area contributed by atoms with Gasteiger partial charge < -0.3 is 14.2 Å². The van der Waals surface area contributed by atoms with Gasteiger partial charge in [0, 0.05) is 17.6 Å². The highest BCUT2D eigenvalue weighted by Gasteiger charge is 2.15. The summed E-state index contributed by atoms with van der Waals surface area (Å²) in [7, 11) is 4.95. The zero-order valence-electron chi connectivity index (χ0n) is 16.3. The molecule has 0 aliphatic rings. The smallest absolute Gasteiger partial charge is 0.194 e. The SMILES string of the molecule is COCn1c(-c2ccc(OC)cc2)nc2cnc(Sc3ccc(OC)cc3)nc21. The molecule has 2 aromatic heterocycles. The highest BCUT2D eigenvalue weighted by atomic mass is 32.2. The van der Waals surface area contributed by atoms with Gasteiger partial charge in [-0.3, -0.25) is 4.57 Å². The fourth-order valence-electron chi connectivity index (χ4n) is 2.91. The van der Waals surface area contributed by atoms with Crippen LogP contribution in [0.2, 0.25) is 0 Å². The van der Waals surface area contributed by atoms with E-state index < -0.39 is 0 Å². The molecule has 0 amide bonds. The molecule has 0 fully saturated rings. The van der Waals surface area contributed by atoms with Gasteiger partial charge in [-0.15, -0.1) is 0 Å². The minimum atomic E-state index is 0.335. The number of fused-ring (bicyclic) bond motifs is 1. The van der Waals surface area contributed by atoms with E-state index in [2.05, 4.69) is 4.98 Å². The number of imidazole rings is 1. The van der Waals surface area contributed by atoms with Crippen LogP contribution < -0.4 is 9.47 Å². The molecule has 7 nitrogen and oxygen atoms in total. The molecular weight excluding hydrogens is 388 g/mol. The monoisotopic (exact) mass is 408 g/mol. The van der Waals surface area contributed by atoms with Crippen LogP contribution in [-0.2, 0) is 11.5 Å². The first-order chi connectivity index (χ1) is 14.2. The molecule has 0 aliphatic carbocycles. The van der Waals surface area contributed by atoms with Gasteiger partial charge in [-0.2, -0.15) is 0 Å². The van der Waals surface area contributed by atoms with Crippen molar-refractivity contribution in [2.45, 2.75) is 16.8 Å². The zero-order chi connectivity index (χ0) is 20.2. The third-order valence-corrected chi connectivity index (χ3v) is 5.23. The van der Waals surface area contributed by atoms with Crippen molar-refractivity contribution in [3.63, 3.8) is 0 Å². The van der Waals surface area contributed by atoms with Crippen LogP contribution in [0, 0.1) is 0 Å². The second-order valence-electron chi connectivity index (χ2n) is 6.15. The van der Waals surface area contributed by atoms with E-state index in [-0.39, 0.29) is 0 Å². The summed E-state index contributed by atoms with van der Waals surface area (Å²) in [4.78, 5) is 14.9. The number of hydrogen-bond donors (Lipinski definition) is 0. The average Bonchev–Trinajstić information content (AvgIpc) is 3.12. The van der Waals surface area contributed by atoms with Gasteiger partial charge in [-0.1, -0.05) is 0 Å². The molecular formula is C21H20N4O3S. The summed E-state index contributed by atoms with van der Waals surface area (Å²) in [6, 6.07) is 15.5. The van der Waals surface area contributed by atoms with Crippen LogP contribution in [0.4, 0.5) is 0 Å². The second-order valence-corrected chi connectivity index (χ2v) is 7.19. The summed E-state index contributed by atoms with van der Waals surface area (Å²) in [5, 5.41) is 0.640. The maximum atomic E-state index is 5.40. The fourth-order valence-corrected chi connectivity index (χ4v) is 3.63. The van der Waals surface area contributed by atoms with Crippen LogP contribution in [0.25, 0.3) is 22.6 Å². The maximum Gasteiger partial charge on any atom is 0.194 e. The summed E-state index contributed by atoms with van der Waals surface area (Å²) < 4.78 is 17.8. The number of aromatic nitrogens is 4. The third kappa shape index (κ3) is 4.03. The Morgan fingerprint density at radius 3 is 2.14 bits per heavy atom. The van der Waals surface area contributed by atoms with Crippen molar-refractivity contribution < 1.29 is 14.2 Å². The Hall–Kier alpha value is -3.10. The van der Waals surface area contributed by atoms with Crippen LogP contribution in [-0.4, -0.2) is 40.8 Å². The molecule has 0 aliphatic heterocycles. The lowest BCUT2D eigenvalue weighted by atomic mass is 10.2. The Morgan fingerprint density at radius 2 is 1.52 bits per heavy atom. The van der Waals surface area contributed by atoms with E-state index in [1.807, 2.05) is 53.1 Å². The Kier molecular flexibility index (Phi) is 5.64. The number of methoxy groups -OCH3 is 3. The van der Waals surface area contributed by atoms with Crippen molar-refractivity contribution in [2.75, 3.05) is 21.3 Å².